The Hall–Kier alpha value is -0.920. The third-order valence-corrected chi connectivity index (χ3v) is 4.15. The number of hydrogen-bond acceptors (Lipinski definition) is 4. The lowest BCUT2D eigenvalue weighted by atomic mass is 10.1. The molecule has 5 nitrogen and oxygen atoms in total. The summed E-state index contributed by atoms with van der Waals surface area (Å²) in [6, 6.07) is 3.11. The molecule has 1 aliphatic rings. The Balaban J connectivity index is 2.21. The Morgan fingerprint density at radius 2 is 1.68 bits per heavy atom. The van der Waals surface area contributed by atoms with Gasteiger partial charge in [-0.3, -0.25) is 9.59 Å². The minimum Gasteiger partial charge on any atom is -0.397 e. The average Bonchev–Trinajstić information content (AvgIpc) is 2.43. The molecule has 0 unspecified atom stereocenters. The number of ketones is 1. The van der Waals surface area contributed by atoms with Gasteiger partial charge >= 0.3 is 0 Å². The van der Waals surface area contributed by atoms with E-state index in [1.54, 1.807) is 12.1 Å². The summed E-state index contributed by atoms with van der Waals surface area (Å²) < 4.78 is 6.32. The van der Waals surface area contributed by atoms with Crippen molar-refractivity contribution in [3.63, 3.8) is 0 Å². The number of morpholine rings is 1. The average molecular weight is 392 g/mol. The highest BCUT2D eigenvalue weighted by Gasteiger charge is 2.25. The summed E-state index contributed by atoms with van der Waals surface area (Å²) in [5.74, 6) is -1.05. The van der Waals surface area contributed by atoms with Crippen LogP contribution in [0, 0.1) is 0 Å². The third-order valence-electron chi connectivity index (χ3n) is 2.83. The van der Waals surface area contributed by atoms with Crippen molar-refractivity contribution in [2.24, 2.45) is 0 Å². The molecule has 2 N–H and O–H groups in total. The number of hydrogen-bond donors (Lipinski definition) is 1. The molecule has 1 heterocycles. The number of nitrogens with two attached hydrogens (primary N) is 1. The van der Waals surface area contributed by atoms with Crippen molar-refractivity contribution in [2.75, 3.05) is 32.0 Å². The number of amides is 1. The SMILES string of the molecule is Nc1c(Br)cc(C(=O)C(=O)N2CCOCC2)cc1Br. The third kappa shape index (κ3) is 3.16. The van der Waals surface area contributed by atoms with Gasteiger partial charge in [0.1, 0.15) is 0 Å². The number of Topliss-reactive ketones (excluding diaryl/α,β-unsaturated/α-hetero) is 1. The lowest BCUT2D eigenvalue weighted by Gasteiger charge is -2.26. The molecule has 2 rings (SSSR count). The van der Waals surface area contributed by atoms with Gasteiger partial charge in [-0.25, -0.2) is 0 Å². The molecule has 1 fully saturated rings. The van der Waals surface area contributed by atoms with Crippen LogP contribution < -0.4 is 5.73 Å². The maximum atomic E-state index is 12.1. The van der Waals surface area contributed by atoms with Crippen molar-refractivity contribution in [3.8, 4) is 0 Å². The van der Waals surface area contributed by atoms with Crippen molar-refractivity contribution in [1.29, 1.82) is 0 Å². The van der Waals surface area contributed by atoms with E-state index < -0.39 is 11.7 Å². The van der Waals surface area contributed by atoms with Gasteiger partial charge in [0.05, 0.1) is 18.9 Å². The Morgan fingerprint density at radius 1 is 1.16 bits per heavy atom. The zero-order valence-corrected chi connectivity index (χ0v) is 13.2. The number of nitrogens with zero attached hydrogens (tertiary/aromatic N) is 1. The van der Waals surface area contributed by atoms with Crippen LogP contribution in [-0.4, -0.2) is 42.9 Å². The number of nitrogen functional groups attached to an aromatic ring is 1. The second-order valence-electron chi connectivity index (χ2n) is 4.09. The van der Waals surface area contributed by atoms with Crippen molar-refractivity contribution < 1.29 is 14.3 Å². The van der Waals surface area contributed by atoms with Crippen molar-refractivity contribution >= 4 is 49.2 Å². The van der Waals surface area contributed by atoms with E-state index in [-0.39, 0.29) is 0 Å². The van der Waals surface area contributed by atoms with Crippen molar-refractivity contribution in [3.05, 3.63) is 26.6 Å². The van der Waals surface area contributed by atoms with Crippen LogP contribution in [0.2, 0.25) is 0 Å². The van der Waals surface area contributed by atoms with Gasteiger partial charge in [-0.2, -0.15) is 0 Å². The quantitative estimate of drug-likeness (QED) is 0.474. The van der Waals surface area contributed by atoms with Gasteiger partial charge in [0.2, 0.25) is 5.78 Å². The molecule has 0 spiro atoms. The Kier molecular flexibility index (Phi) is 4.59. The first kappa shape index (κ1) is 14.5. The molecule has 1 amide bonds. The normalized spacial score (nSPS) is 15.4. The minimum atomic E-state index is -0.539. The molecule has 19 heavy (non-hydrogen) atoms. The monoisotopic (exact) mass is 390 g/mol. The summed E-state index contributed by atoms with van der Waals surface area (Å²) >= 11 is 6.52. The van der Waals surface area contributed by atoms with Crippen LogP contribution in [0.3, 0.4) is 0 Å². The first-order valence-corrected chi connectivity index (χ1v) is 7.25. The highest BCUT2D eigenvalue weighted by atomic mass is 79.9. The molecule has 0 radical (unpaired) electrons. The first-order valence-electron chi connectivity index (χ1n) is 5.66. The molecule has 0 aromatic heterocycles. The summed E-state index contributed by atoms with van der Waals surface area (Å²) in [6.45, 7) is 1.83. The maximum Gasteiger partial charge on any atom is 0.295 e. The predicted molar refractivity (Wildman–Crippen MR) is 78.0 cm³/mol. The number of rotatable bonds is 2. The van der Waals surface area contributed by atoms with Gasteiger partial charge < -0.3 is 15.4 Å². The lowest BCUT2D eigenvalue weighted by Crippen LogP contribution is -2.44. The van der Waals surface area contributed by atoms with Crippen LogP contribution in [0.4, 0.5) is 5.69 Å². The molecule has 1 aromatic rings. The highest BCUT2D eigenvalue weighted by molar-refractivity contribution is 9.11. The molecule has 0 bridgehead atoms. The van der Waals surface area contributed by atoms with Gasteiger partial charge in [-0.05, 0) is 44.0 Å². The van der Waals surface area contributed by atoms with E-state index >= 15 is 0 Å². The number of benzene rings is 1. The molecular weight excluding hydrogens is 380 g/mol. The summed E-state index contributed by atoms with van der Waals surface area (Å²) in [6.07, 6.45) is 0. The molecule has 0 aliphatic carbocycles. The predicted octanol–water partition coefficient (Wildman–Crippen LogP) is 1.84. The molecule has 0 saturated carbocycles. The molecule has 7 heteroatoms. The largest absolute Gasteiger partial charge is 0.397 e. The van der Waals surface area contributed by atoms with E-state index in [4.69, 9.17) is 10.5 Å². The summed E-state index contributed by atoms with van der Waals surface area (Å²) in [4.78, 5) is 25.7. The Bertz CT molecular complexity index is 505. The fraction of sp³-hybridized carbons (Fsp3) is 0.333. The van der Waals surface area contributed by atoms with Gasteiger partial charge in [0.25, 0.3) is 5.91 Å². The van der Waals surface area contributed by atoms with Crippen LogP contribution >= 0.6 is 31.9 Å². The number of carbonyl (C=O) groups is 2. The standard InChI is InChI=1S/C12H12Br2N2O3/c13-8-5-7(6-9(14)10(8)15)11(17)12(18)16-1-3-19-4-2-16/h5-6H,1-4,15H2. The maximum absolute atomic E-state index is 12.1. The summed E-state index contributed by atoms with van der Waals surface area (Å²) in [5.41, 5.74) is 6.56. The Labute approximate surface area is 127 Å². The van der Waals surface area contributed by atoms with Crippen LogP contribution in [0.5, 0.6) is 0 Å². The second-order valence-corrected chi connectivity index (χ2v) is 5.80. The fourth-order valence-electron chi connectivity index (χ4n) is 1.75. The van der Waals surface area contributed by atoms with Crippen LogP contribution in [0.15, 0.2) is 21.1 Å². The van der Waals surface area contributed by atoms with Crippen molar-refractivity contribution in [2.45, 2.75) is 0 Å². The van der Waals surface area contributed by atoms with Gasteiger partial charge in [-0.1, -0.05) is 0 Å². The van der Waals surface area contributed by atoms with E-state index in [1.165, 1.54) is 4.90 Å². The minimum absolute atomic E-state index is 0.310. The Morgan fingerprint density at radius 3 is 2.21 bits per heavy atom. The number of halogens is 2. The smallest absolute Gasteiger partial charge is 0.295 e. The number of carbonyl (C=O) groups excluding carboxylic acids is 2. The number of ether oxygens (including phenoxy) is 1. The molecule has 1 saturated heterocycles. The molecule has 1 aliphatic heterocycles. The fourth-order valence-corrected chi connectivity index (χ4v) is 2.94. The molecule has 102 valence electrons. The number of anilines is 1. The second kappa shape index (κ2) is 6.02. The van der Waals surface area contributed by atoms with E-state index in [1.807, 2.05) is 0 Å². The van der Waals surface area contributed by atoms with Crippen LogP contribution in [-0.2, 0) is 9.53 Å². The zero-order valence-electron chi connectivity index (χ0n) is 9.99. The zero-order chi connectivity index (χ0) is 14.0. The van der Waals surface area contributed by atoms with Crippen molar-refractivity contribution in [1.82, 2.24) is 4.90 Å². The summed E-state index contributed by atoms with van der Waals surface area (Å²) in [7, 11) is 0. The highest BCUT2D eigenvalue weighted by Crippen LogP contribution is 2.29. The molecular formula is C12H12Br2N2O3. The van der Waals surface area contributed by atoms with Gasteiger partial charge in [0.15, 0.2) is 0 Å². The topological polar surface area (TPSA) is 72.6 Å². The van der Waals surface area contributed by atoms with Gasteiger partial charge in [-0.15, -0.1) is 0 Å². The lowest BCUT2D eigenvalue weighted by molar-refractivity contribution is -0.130. The van der Waals surface area contributed by atoms with E-state index in [0.29, 0.717) is 46.5 Å². The van der Waals surface area contributed by atoms with E-state index in [0.717, 1.165) is 0 Å². The van der Waals surface area contributed by atoms with E-state index in [9.17, 15) is 9.59 Å². The van der Waals surface area contributed by atoms with Crippen LogP contribution in [0.25, 0.3) is 0 Å². The van der Waals surface area contributed by atoms with E-state index in [2.05, 4.69) is 31.9 Å². The van der Waals surface area contributed by atoms with Crippen LogP contribution in [0.1, 0.15) is 10.4 Å². The molecule has 0 atom stereocenters. The first-order chi connectivity index (χ1) is 9.00. The molecule has 1 aromatic carbocycles. The van der Waals surface area contributed by atoms with Gasteiger partial charge in [0, 0.05) is 27.6 Å². The summed E-state index contributed by atoms with van der Waals surface area (Å²) in [5, 5.41) is 0.